The predicted octanol–water partition coefficient (Wildman–Crippen LogP) is 4.04. The molecule has 0 amide bonds. The Morgan fingerprint density at radius 2 is 1.89 bits per heavy atom. The zero-order valence-electron chi connectivity index (χ0n) is 19.8. The maximum Gasteiger partial charge on any atom is 0.340 e. The lowest BCUT2D eigenvalue weighted by Gasteiger charge is -2.15. The van der Waals surface area contributed by atoms with Crippen LogP contribution in [0.2, 0.25) is 5.02 Å². The Bertz CT molecular complexity index is 1790. The van der Waals surface area contributed by atoms with Gasteiger partial charge in [0.15, 0.2) is 0 Å². The smallest absolute Gasteiger partial charge is 0.340 e. The summed E-state index contributed by atoms with van der Waals surface area (Å²) in [4.78, 5) is 51.6. The topological polar surface area (TPSA) is 112 Å². The van der Waals surface area contributed by atoms with Gasteiger partial charge in [0.1, 0.15) is 12.4 Å². The quantitative estimate of drug-likeness (QED) is 0.352. The van der Waals surface area contributed by atoms with Crippen LogP contribution in [0.1, 0.15) is 15.6 Å². The molecule has 0 bridgehead atoms. The molecule has 0 saturated heterocycles. The average Bonchev–Trinajstić information content (AvgIpc) is 3.20. The van der Waals surface area contributed by atoms with Gasteiger partial charge >= 0.3 is 5.69 Å². The lowest BCUT2D eigenvalue weighted by atomic mass is 10.1. The number of thiazole rings is 1. The molecule has 5 aromatic rings. The van der Waals surface area contributed by atoms with Crippen molar-refractivity contribution in [3.63, 3.8) is 0 Å². The first-order valence-corrected chi connectivity index (χ1v) is 12.3. The highest BCUT2D eigenvalue weighted by Gasteiger charge is 2.18. The molecule has 0 aliphatic heterocycles. The number of H-pyrrole nitrogens is 1. The number of pyridine rings is 2. The minimum atomic E-state index is -0.656. The van der Waals surface area contributed by atoms with E-state index < -0.39 is 16.8 Å². The second-order valence-corrected chi connectivity index (χ2v) is 9.86. The summed E-state index contributed by atoms with van der Waals surface area (Å²) in [7, 11) is 0. The van der Waals surface area contributed by atoms with Crippen LogP contribution in [-0.4, -0.2) is 24.1 Å². The minimum Gasteiger partial charge on any atom is -0.488 e. The Morgan fingerprint density at radius 3 is 2.59 bits per heavy atom. The van der Waals surface area contributed by atoms with Gasteiger partial charge in [0.25, 0.3) is 11.1 Å². The van der Waals surface area contributed by atoms with Gasteiger partial charge in [0.05, 0.1) is 44.3 Å². The predicted molar refractivity (Wildman–Crippen MR) is 142 cm³/mol. The van der Waals surface area contributed by atoms with Crippen molar-refractivity contribution in [2.75, 3.05) is 0 Å². The van der Waals surface area contributed by atoms with Gasteiger partial charge in [-0.05, 0) is 50.2 Å². The first kappa shape index (κ1) is 24.4. The van der Waals surface area contributed by atoms with Crippen molar-refractivity contribution in [3.05, 3.63) is 119 Å². The van der Waals surface area contributed by atoms with Crippen LogP contribution < -0.4 is 21.5 Å². The minimum absolute atomic E-state index is 0.0310. The lowest BCUT2D eigenvalue weighted by Crippen LogP contribution is -2.39. The number of nitrogens with one attached hydrogen (secondary N) is 1. The van der Waals surface area contributed by atoms with Crippen LogP contribution in [0.25, 0.3) is 22.5 Å². The Morgan fingerprint density at radius 1 is 1.05 bits per heavy atom. The molecule has 0 radical (unpaired) electrons. The number of rotatable bonds is 6. The van der Waals surface area contributed by atoms with Crippen molar-refractivity contribution >= 4 is 22.9 Å². The normalized spacial score (nSPS) is 11.0. The van der Waals surface area contributed by atoms with E-state index in [0.717, 1.165) is 20.1 Å². The lowest BCUT2D eigenvalue weighted by molar-refractivity contribution is 0.308. The maximum atomic E-state index is 13.6. The van der Waals surface area contributed by atoms with Gasteiger partial charge in [-0.15, -0.1) is 11.3 Å². The fourth-order valence-corrected chi connectivity index (χ4v) is 4.97. The standard InChI is InChI=1S/C26H20ClN5O4S/c1-15-23(37-16(2)30-15)14-36-20-10-17(27)9-19(11-20)31-13-22(21-6-4-8-29-24(21)33)25(34)32(26(31)35)18-5-3-7-28-12-18/h3-13H,14H2,1-2H3,(H,29,33). The molecule has 0 saturated carbocycles. The van der Waals surface area contributed by atoms with Gasteiger partial charge in [-0.1, -0.05) is 11.6 Å². The van der Waals surface area contributed by atoms with Gasteiger partial charge in [-0.25, -0.2) is 14.3 Å². The van der Waals surface area contributed by atoms with E-state index in [9.17, 15) is 14.4 Å². The SMILES string of the molecule is Cc1nc(C)c(COc2cc(Cl)cc(-n3cc(-c4ccc[nH]c4=O)c(=O)n(-c4cccnc4)c3=O)c2)s1. The number of halogens is 1. The van der Waals surface area contributed by atoms with E-state index in [0.29, 0.717) is 16.5 Å². The molecule has 37 heavy (non-hydrogen) atoms. The first-order chi connectivity index (χ1) is 17.8. The fourth-order valence-electron chi connectivity index (χ4n) is 3.90. The summed E-state index contributed by atoms with van der Waals surface area (Å²) in [6.45, 7) is 4.13. The highest BCUT2D eigenvalue weighted by atomic mass is 35.5. The van der Waals surface area contributed by atoms with E-state index in [1.54, 1.807) is 47.7 Å². The number of hydrogen-bond acceptors (Lipinski definition) is 7. The van der Waals surface area contributed by atoms with E-state index in [1.165, 1.54) is 35.4 Å². The summed E-state index contributed by atoms with van der Waals surface area (Å²) in [6, 6.07) is 11.2. The molecule has 186 valence electrons. The van der Waals surface area contributed by atoms with Gasteiger partial charge in [-0.2, -0.15) is 0 Å². The molecular weight excluding hydrogens is 514 g/mol. The summed E-state index contributed by atoms with van der Waals surface area (Å²) < 4.78 is 8.21. The number of benzene rings is 1. The van der Waals surface area contributed by atoms with Crippen LogP contribution in [-0.2, 0) is 6.61 Å². The summed E-state index contributed by atoms with van der Waals surface area (Å²) in [5, 5.41) is 1.27. The van der Waals surface area contributed by atoms with Crippen molar-refractivity contribution in [1.29, 1.82) is 0 Å². The molecular formula is C26H20ClN5O4S. The Labute approximate surface area is 219 Å². The molecule has 9 nitrogen and oxygen atoms in total. The zero-order valence-corrected chi connectivity index (χ0v) is 21.3. The van der Waals surface area contributed by atoms with Gasteiger partial charge in [0, 0.05) is 29.7 Å². The Hall–Kier alpha value is -4.28. The summed E-state index contributed by atoms with van der Waals surface area (Å²) in [5.41, 5.74) is -0.116. The molecule has 0 fully saturated rings. The third-order valence-corrected chi connectivity index (χ3v) is 6.87. The van der Waals surface area contributed by atoms with Crippen LogP contribution in [0, 0.1) is 13.8 Å². The maximum absolute atomic E-state index is 13.6. The van der Waals surface area contributed by atoms with Gasteiger partial charge < -0.3 is 9.72 Å². The second-order valence-electron chi connectivity index (χ2n) is 8.14. The molecule has 0 unspecified atom stereocenters. The third-order valence-electron chi connectivity index (χ3n) is 5.61. The number of ether oxygens (including phenoxy) is 1. The van der Waals surface area contributed by atoms with Gasteiger partial charge in [-0.3, -0.25) is 19.1 Å². The number of aromatic nitrogens is 5. The Kier molecular flexibility index (Phi) is 6.60. The fraction of sp³-hybridized carbons (Fsp3) is 0.115. The molecule has 4 aromatic heterocycles. The summed E-state index contributed by atoms with van der Waals surface area (Å²) >= 11 is 7.94. The highest BCUT2D eigenvalue weighted by Crippen LogP contribution is 2.26. The van der Waals surface area contributed by atoms with E-state index in [4.69, 9.17) is 16.3 Å². The summed E-state index contributed by atoms with van der Waals surface area (Å²) in [5.74, 6) is 0.429. The molecule has 0 aliphatic carbocycles. The van der Waals surface area contributed by atoms with Crippen LogP contribution in [0.3, 0.4) is 0 Å². The third kappa shape index (κ3) is 4.89. The van der Waals surface area contributed by atoms with Crippen LogP contribution >= 0.6 is 22.9 Å². The summed E-state index contributed by atoms with van der Waals surface area (Å²) in [6.07, 6.45) is 5.74. The van der Waals surface area contributed by atoms with Crippen LogP contribution in [0.5, 0.6) is 5.75 Å². The molecule has 4 heterocycles. The molecule has 5 rings (SSSR count). The second kappa shape index (κ2) is 10.00. The number of aryl methyl sites for hydroxylation is 2. The first-order valence-electron chi connectivity index (χ1n) is 11.2. The molecule has 0 aliphatic rings. The van der Waals surface area contributed by atoms with E-state index in [1.807, 2.05) is 13.8 Å². The zero-order chi connectivity index (χ0) is 26.1. The van der Waals surface area contributed by atoms with Crippen molar-refractivity contribution in [3.8, 4) is 28.3 Å². The van der Waals surface area contributed by atoms with E-state index in [2.05, 4.69) is 15.0 Å². The van der Waals surface area contributed by atoms with Crippen LogP contribution in [0.15, 0.2) is 81.6 Å². The van der Waals surface area contributed by atoms with E-state index >= 15 is 0 Å². The number of aromatic amines is 1. The van der Waals surface area contributed by atoms with Crippen molar-refractivity contribution in [2.24, 2.45) is 0 Å². The number of nitrogens with zero attached hydrogens (tertiary/aromatic N) is 4. The van der Waals surface area contributed by atoms with Crippen molar-refractivity contribution in [2.45, 2.75) is 20.5 Å². The highest BCUT2D eigenvalue weighted by molar-refractivity contribution is 7.11. The van der Waals surface area contributed by atoms with Crippen molar-refractivity contribution in [1.82, 2.24) is 24.1 Å². The van der Waals surface area contributed by atoms with Crippen molar-refractivity contribution < 1.29 is 4.74 Å². The monoisotopic (exact) mass is 533 g/mol. The molecule has 11 heteroatoms. The molecule has 0 atom stereocenters. The Balaban J connectivity index is 1.68. The average molecular weight is 534 g/mol. The van der Waals surface area contributed by atoms with Crippen LogP contribution in [0.4, 0.5) is 0 Å². The van der Waals surface area contributed by atoms with E-state index in [-0.39, 0.29) is 23.4 Å². The molecule has 0 spiro atoms. The largest absolute Gasteiger partial charge is 0.488 e. The molecule has 1 N–H and O–H groups in total. The van der Waals surface area contributed by atoms with Gasteiger partial charge in [0.2, 0.25) is 0 Å². The number of hydrogen-bond donors (Lipinski definition) is 1. The molecule has 1 aromatic carbocycles.